The smallest absolute Gasteiger partial charge is 0.268 e. The third-order valence-corrected chi connectivity index (χ3v) is 4.71. The maximum atomic E-state index is 13.8. The molecule has 146 valence electrons. The Labute approximate surface area is 165 Å². The largest absolute Gasteiger partial charge is 0.347 e. The Bertz CT molecular complexity index is 1240. The Morgan fingerprint density at radius 2 is 1.97 bits per heavy atom. The molecule has 7 nitrogen and oxygen atoms in total. The fraction of sp³-hybridized carbons (Fsp3) is 0.143. The van der Waals surface area contributed by atoms with Gasteiger partial charge in [0.2, 0.25) is 5.91 Å². The highest BCUT2D eigenvalue weighted by Crippen LogP contribution is 2.23. The van der Waals surface area contributed by atoms with Crippen LogP contribution < -0.4 is 5.32 Å². The van der Waals surface area contributed by atoms with E-state index in [1.54, 1.807) is 48.3 Å². The standard InChI is InChI=1S/C21H18FN5O2/c1-13(28)27-12-16(11-24-27)18-8-7-14-9-19(26(2)20(14)25-18)21(29)23-10-15-5-3-4-6-17(15)22/h3-9,11-12H,10H2,1-2H3,(H,23,29). The molecule has 4 aromatic rings. The van der Waals surface area contributed by atoms with E-state index in [0.29, 0.717) is 28.2 Å². The number of carbonyl (C=O) groups excluding carboxylic acids is 2. The van der Waals surface area contributed by atoms with Gasteiger partial charge in [0, 0.05) is 43.2 Å². The summed E-state index contributed by atoms with van der Waals surface area (Å²) in [6, 6.07) is 11.7. The van der Waals surface area contributed by atoms with Gasteiger partial charge in [-0.15, -0.1) is 0 Å². The van der Waals surface area contributed by atoms with Gasteiger partial charge in [-0.2, -0.15) is 5.10 Å². The third-order valence-electron chi connectivity index (χ3n) is 4.71. The first-order chi connectivity index (χ1) is 13.9. The molecule has 1 N–H and O–H groups in total. The molecule has 0 radical (unpaired) electrons. The molecule has 0 fully saturated rings. The Balaban J connectivity index is 1.60. The topological polar surface area (TPSA) is 81.8 Å². The number of rotatable bonds is 4. The molecule has 3 heterocycles. The van der Waals surface area contributed by atoms with E-state index < -0.39 is 0 Å². The second-order valence-electron chi connectivity index (χ2n) is 6.66. The minimum absolute atomic E-state index is 0.0932. The number of hydrogen-bond acceptors (Lipinski definition) is 4. The molecule has 4 rings (SSSR count). The molecule has 0 saturated heterocycles. The van der Waals surface area contributed by atoms with Crippen molar-refractivity contribution in [2.45, 2.75) is 13.5 Å². The number of nitrogens with zero attached hydrogens (tertiary/aromatic N) is 4. The van der Waals surface area contributed by atoms with Crippen LogP contribution in [0.15, 0.2) is 54.9 Å². The van der Waals surface area contributed by atoms with Gasteiger partial charge in [0.05, 0.1) is 11.9 Å². The van der Waals surface area contributed by atoms with Crippen molar-refractivity contribution in [1.29, 1.82) is 0 Å². The van der Waals surface area contributed by atoms with E-state index >= 15 is 0 Å². The van der Waals surface area contributed by atoms with Gasteiger partial charge in [-0.1, -0.05) is 18.2 Å². The first-order valence-electron chi connectivity index (χ1n) is 8.98. The highest BCUT2D eigenvalue weighted by Gasteiger charge is 2.16. The molecule has 1 aromatic carbocycles. The quantitative estimate of drug-likeness (QED) is 0.579. The van der Waals surface area contributed by atoms with Crippen molar-refractivity contribution in [3.8, 4) is 11.3 Å². The predicted octanol–water partition coefficient (Wildman–Crippen LogP) is 3.17. The van der Waals surface area contributed by atoms with E-state index in [-0.39, 0.29) is 24.2 Å². The van der Waals surface area contributed by atoms with E-state index in [0.717, 1.165) is 5.39 Å². The van der Waals surface area contributed by atoms with Crippen LogP contribution in [0.3, 0.4) is 0 Å². The van der Waals surface area contributed by atoms with Crippen LogP contribution in [0.2, 0.25) is 0 Å². The third kappa shape index (κ3) is 3.52. The second kappa shape index (κ2) is 7.31. The Kier molecular flexibility index (Phi) is 4.67. The maximum absolute atomic E-state index is 13.8. The van der Waals surface area contributed by atoms with Crippen LogP contribution in [0.5, 0.6) is 0 Å². The molecular formula is C21H18FN5O2. The number of pyridine rings is 1. The summed E-state index contributed by atoms with van der Waals surface area (Å²) in [6.07, 6.45) is 3.18. The lowest BCUT2D eigenvalue weighted by molar-refractivity contribution is 0.0918. The van der Waals surface area contributed by atoms with Crippen LogP contribution in [0, 0.1) is 5.82 Å². The molecule has 0 bridgehead atoms. The Morgan fingerprint density at radius 1 is 1.17 bits per heavy atom. The van der Waals surface area contributed by atoms with Crippen LogP contribution in [0.25, 0.3) is 22.3 Å². The molecule has 0 atom stereocenters. The summed E-state index contributed by atoms with van der Waals surface area (Å²) in [5.41, 5.74) is 2.80. The number of benzene rings is 1. The summed E-state index contributed by atoms with van der Waals surface area (Å²) in [5.74, 6) is -0.869. The van der Waals surface area contributed by atoms with Crippen LogP contribution in [0.4, 0.5) is 4.39 Å². The lowest BCUT2D eigenvalue weighted by Crippen LogP contribution is -2.25. The molecule has 0 aliphatic rings. The normalized spacial score (nSPS) is 11.0. The van der Waals surface area contributed by atoms with Crippen LogP contribution >= 0.6 is 0 Å². The van der Waals surface area contributed by atoms with Crippen molar-refractivity contribution in [1.82, 2.24) is 24.6 Å². The first-order valence-corrected chi connectivity index (χ1v) is 8.98. The van der Waals surface area contributed by atoms with Crippen LogP contribution in [-0.4, -0.2) is 31.1 Å². The highest BCUT2D eigenvalue weighted by molar-refractivity contribution is 5.98. The number of aryl methyl sites for hydroxylation is 1. The molecule has 0 aliphatic carbocycles. The lowest BCUT2D eigenvalue weighted by atomic mass is 10.2. The zero-order chi connectivity index (χ0) is 20.5. The van der Waals surface area contributed by atoms with Gasteiger partial charge in [-0.25, -0.2) is 14.1 Å². The molecular weight excluding hydrogens is 373 g/mol. The average Bonchev–Trinajstić information content (AvgIpc) is 3.32. The summed E-state index contributed by atoms with van der Waals surface area (Å²) in [5, 5.41) is 7.55. The fourth-order valence-electron chi connectivity index (χ4n) is 3.11. The number of carbonyl (C=O) groups is 2. The first kappa shape index (κ1) is 18.5. The molecule has 3 aromatic heterocycles. The highest BCUT2D eigenvalue weighted by atomic mass is 19.1. The predicted molar refractivity (Wildman–Crippen MR) is 106 cm³/mol. The molecule has 0 aliphatic heterocycles. The maximum Gasteiger partial charge on any atom is 0.268 e. The van der Waals surface area contributed by atoms with E-state index in [4.69, 9.17) is 0 Å². The monoisotopic (exact) mass is 391 g/mol. The van der Waals surface area contributed by atoms with Crippen molar-refractivity contribution in [3.63, 3.8) is 0 Å². The minimum Gasteiger partial charge on any atom is -0.347 e. The summed E-state index contributed by atoms with van der Waals surface area (Å²) < 4.78 is 16.7. The van der Waals surface area contributed by atoms with Gasteiger partial charge >= 0.3 is 0 Å². The zero-order valence-corrected chi connectivity index (χ0v) is 15.9. The number of hydrogen-bond donors (Lipinski definition) is 1. The van der Waals surface area contributed by atoms with Gasteiger partial charge in [0.1, 0.15) is 17.2 Å². The van der Waals surface area contributed by atoms with Crippen molar-refractivity contribution in [2.75, 3.05) is 0 Å². The van der Waals surface area contributed by atoms with Crippen molar-refractivity contribution in [3.05, 3.63) is 71.9 Å². The van der Waals surface area contributed by atoms with Crippen LogP contribution in [-0.2, 0) is 13.6 Å². The average molecular weight is 391 g/mol. The molecule has 0 saturated carbocycles. The number of halogens is 1. The van der Waals surface area contributed by atoms with Gasteiger partial charge in [0.15, 0.2) is 0 Å². The second-order valence-corrected chi connectivity index (χ2v) is 6.66. The van der Waals surface area contributed by atoms with E-state index in [9.17, 15) is 14.0 Å². The molecule has 0 spiro atoms. The van der Waals surface area contributed by atoms with Crippen molar-refractivity contribution in [2.24, 2.45) is 7.05 Å². The number of amides is 1. The van der Waals surface area contributed by atoms with Gasteiger partial charge in [-0.05, 0) is 24.3 Å². The Morgan fingerprint density at radius 3 is 2.69 bits per heavy atom. The molecule has 29 heavy (non-hydrogen) atoms. The summed E-state index contributed by atoms with van der Waals surface area (Å²) in [7, 11) is 1.75. The van der Waals surface area contributed by atoms with Gasteiger partial charge in [0.25, 0.3) is 5.91 Å². The number of nitrogens with one attached hydrogen (secondary N) is 1. The minimum atomic E-state index is -0.359. The number of fused-ring (bicyclic) bond motifs is 1. The SMILES string of the molecule is CC(=O)n1cc(-c2ccc3cc(C(=O)NCc4ccccc4F)n(C)c3n2)cn1. The van der Waals surface area contributed by atoms with Gasteiger partial charge < -0.3 is 9.88 Å². The van der Waals surface area contributed by atoms with Crippen LogP contribution in [0.1, 0.15) is 27.8 Å². The van der Waals surface area contributed by atoms with Crippen molar-refractivity contribution >= 4 is 22.8 Å². The van der Waals surface area contributed by atoms with E-state index in [2.05, 4.69) is 15.4 Å². The fourth-order valence-corrected chi connectivity index (χ4v) is 3.11. The summed E-state index contributed by atoms with van der Waals surface area (Å²) >= 11 is 0. The molecule has 1 amide bonds. The molecule has 0 unspecified atom stereocenters. The lowest BCUT2D eigenvalue weighted by Gasteiger charge is -2.07. The Hall–Kier alpha value is -3.81. The van der Waals surface area contributed by atoms with E-state index in [1.807, 2.05) is 12.1 Å². The summed E-state index contributed by atoms with van der Waals surface area (Å²) in [6.45, 7) is 1.52. The molecule has 8 heteroatoms. The van der Waals surface area contributed by atoms with E-state index in [1.165, 1.54) is 17.7 Å². The van der Waals surface area contributed by atoms with Gasteiger partial charge in [-0.3, -0.25) is 9.59 Å². The van der Waals surface area contributed by atoms with Crippen molar-refractivity contribution < 1.29 is 14.0 Å². The summed E-state index contributed by atoms with van der Waals surface area (Å²) in [4.78, 5) is 28.7. The number of aromatic nitrogens is 4. The zero-order valence-electron chi connectivity index (χ0n) is 15.9.